The van der Waals surface area contributed by atoms with Crippen LogP contribution in [0.3, 0.4) is 0 Å². The fourth-order valence-corrected chi connectivity index (χ4v) is 2.27. The number of hydrogen-bond acceptors (Lipinski definition) is 3. The second-order valence-corrected chi connectivity index (χ2v) is 4.85. The van der Waals surface area contributed by atoms with Crippen LogP contribution in [0.5, 0.6) is 5.75 Å². The molecule has 2 rings (SSSR count). The molecule has 2 N–H and O–H groups in total. The molecule has 3 nitrogen and oxygen atoms in total. The van der Waals surface area contributed by atoms with Crippen molar-refractivity contribution in [3.8, 4) is 5.75 Å². The maximum Gasteiger partial charge on any atom is 0.140 e. The van der Waals surface area contributed by atoms with E-state index in [1.165, 1.54) is 32.4 Å². The first-order chi connectivity index (χ1) is 8.25. The fraction of sp³-hybridized carbons (Fsp3) is 0.538. The Kier molecular flexibility index (Phi) is 4.51. The van der Waals surface area contributed by atoms with Gasteiger partial charge in [0, 0.05) is 18.3 Å². The van der Waals surface area contributed by atoms with Crippen LogP contribution in [0.1, 0.15) is 19.3 Å². The molecular formula is C13H19ClN2O. The molecule has 1 heterocycles. The standard InChI is InChI=1S/C13H19ClN2O/c14-12-5-4-11(15)10-13(12)17-9-8-16-6-2-1-3-7-16/h4-5,10H,1-3,6-9,15H2. The lowest BCUT2D eigenvalue weighted by Gasteiger charge is -2.26. The molecule has 0 saturated carbocycles. The predicted octanol–water partition coefficient (Wildman–Crippen LogP) is 2.79. The lowest BCUT2D eigenvalue weighted by Crippen LogP contribution is -2.33. The second kappa shape index (κ2) is 6.12. The molecule has 0 unspecified atom stereocenters. The Hall–Kier alpha value is -0.930. The highest BCUT2D eigenvalue weighted by atomic mass is 35.5. The van der Waals surface area contributed by atoms with Gasteiger partial charge in [-0.3, -0.25) is 4.90 Å². The zero-order valence-corrected chi connectivity index (χ0v) is 10.7. The topological polar surface area (TPSA) is 38.5 Å². The van der Waals surface area contributed by atoms with Gasteiger partial charge in [-0.1, -0.05) is 18.0 Å². The van der Waals surface area contributed by atoms with Crippen molar-refractivity contribution in [2.45, 2.75) is 19.3 Å². The Bertz CT molecular complexity index is 364. The van der Waals surface area contributed by atoms with E-state index in [0.29, 0.717) is 23.1 Å². The smallest absolute Gasteiger partial charge is 0.140 e. The first-order valence-electron chi connectivity index (χ1n) is 6.16. The minimum Gasteiger partial charge on any atom is -0.491 e. The third-order valence-electron chi connectivity index (χ3n) is 3.07. The summed E-state index contributed by atoms with van der Waals surface area (Å²) in [5.74, 6) is 0.684. The van der Waals surface area contributed by atoms with Crippen LogP contribution in [0.25, 0.3) is 0 Å². The van der Waals surface area contributed by atoms with Crippen molar-refractivity contribution in [3.63, 3.8) is 0 Å². The van der Waals surface area contributed by atoms with E-state index in [4.69, 9.17) is 22.1 Å². The summed E-state index contributed by atoms with van der Waals surface area (Å²) in [5.41, 5.74) is 6.38. The normalized spacial score (nSPS) is 17.0. The van der Waals surface area contributed by atoms with Gasteiger partial charge >= 0.3 is 0 Å². The highest BCUT2D eigenvalue weighted by Gasteiger charge is 2.10. The number of likely N-dealkylation sites (tertiary alicyclic amines) is 1. The average molecular weight is 255 g/mol. The van der Waals surface area contributed by atoms with Crippen LogP contribution in [0, 0.1) is 0 Å². The number of rotatable bonds is 4. The first-order valence-corrected chi connectivity index (χ1v) is 6.54. The molecule has 1 fully saturated rings. The first kappa shape index (κ1) is 12.5. The van der Waals surface area contributed by atoms with Gasteiger partial charge in [0.15, 0.2) is 0 Å². The van der Waals surface area contributed by atoms with Gasteiger partial charge in [-0.2, -0.15) is 0 Å². The molecule has 94 valence electrons. The SMILES string of the molecule is Nc1ccc(Cl)c(OCCN2CCCCC2)c1. The van der Waals surface area contributed by atoms with Crippen molar-refractivity contribution in [2.24, 2.45) is 0 Å². The van der Waals surface area contributed by atoms with Gasteiger partial charge in [0.1, 0.15) is 12.4 Å². The number of hydrogen-bond donors (Lipinski definition) is 1. The van der Waals surface area contributed by atoms with E-state index in [-0.39, 0.29) is 0 Å². The van der Waals surface area contributed by atoms with E-state index < -0.39 is 0 Å². The van der Waals surface area contributed by atoms with Gasteiger partial charge in [-0.05, 0) is 38.1 Å². The number of nitrogen functional groups attached to an aromatic ring is 1. The van der Waals surface area contributed by atoms with Crippen LogP contribution < -0.4 is 10.5 Å². The number of benzene rings is 1. The van der Waals surface area contributed by atoms with Crippen molar-refractivity contribution in [1.82, 2.24) is 4.90 Å². The summed E-state index contributed by atoms with van der Waals surface area (Å²) in [6.07, 6.45) is 3.97. The summed E-state index contributed by atoms with van der Waals surface area (Å²) in [7, 11) is 0. The third kappa shape index (κ3) is 3.79. The minimum atomic E-state index is 0.623. The predicted molar refractivity (Wildman–Crippen MR) is 71.7 cm³/mol. The van der Waals surface area contributed by atoms with Crippen molar-refractivity contribution < 1.29 is 4.74 Å². The highest BCUT2D eigenvalue weighted by Crippen LogP contribution is 2.26. The number of nitrogens with zero attached hydrogens (tertiary/aromatic N) is 1. The summed E-state index contributed by atoms with van der Waals surface area (Å²) in [6.45, 7) is 4.01. The van der Waals surface area contributed by atoms with Gasteiger partial charge in [-0.15, -0.1) is 0 Å². The van der Waals surface area contributed by atoms with E-state index in [2.05, 4.69) is 4.90 Å². The van der Waals surface area contributed by atoms with Crippen LogP contribution in [0.15, 0.2) is 18.2 Å². The molecule has 17 heavy (non-hydrogen) atoms. The van der Waals surface area contributed by atoms with Gasteiger partial charge in [0.2, 0.25) is 0 Å². The van der Waals surface area contributed by atoms with Crippen LogP contribution in [-0.2, 0) is 0 Å². The molecular weight excluding hydrogens is 236 g/mol. The Morgan fingerprint density at radius 2 is 2.00 bits per heavy atom. The van der Waals surface area contributed by atoms with Crippen LogP contribution in [0.2, 0.25) is 5.02 Å². The van der Waals surface area contributed by atoms with Crippen LogP contribution in [0.4, 0.5) is 5.69 Å². The summed E-state index contributed by atoms with van der Waals surface area (Å²) >= 11 is 6.02. The largest absolute Gasteiger partial charge is 0.491 e. The maximum absolute atomic E-state index is 6.02. The molecule has 0 aromatic heterocycles. The van der Waals surface area contributed by atoms with Crippen molar-refractivity contribution >= 4 is 17.3 Å². The van der Waals surface area contributed by atoms with E-state index in [1.54, 1.807) is 18.2 Å². The van der Waals surface area contributed by atoms with Gasteiger partial charge in [0.05, 0.1) is 5.02 Å². The van der Waals surface area contributed by atoms with E-state index in [0.717, 1.165) is 6.54 Å². The number of piperidine rings is 1. The fourth-order valence-electron chi connectivity index (χ4n) is 2.10. The molecule has 1 saturated heterocycles. The molecule has 1 aliphatic rings. The number of nitrogens with two attached hydrogens (primary N) is 1. The van der Waals surface area contributed by atoms with E-state index in [9.17, 15) is 0 Å². The highest BCUT2D eigenvalue weighted by molar-refractivity contribution is 6.32. The molecule has 4 heteroatoms. The Morgan fingerprint density at radius 3 is 2.76 bits per heavy atom. The second-order valence-electron chi connectivity index (χ2n) is 4.44. The summed E-state index contributed by atoms with van der Waals surface area (Å²) in [4.78, 5) is 2.43. The van der Waals surface area contributed by atoms with Crippen molar-refractivity contribution in [1.29, 1.82) is 0 Å². The zero-order chi connectivity index (χ0) is 12.1. The van der Waals surface area contributed by atoms with Crippen LogP contribution >= 0.6 is 11.6 Å². The van der Waals surface area contributed by atoms with Crippen LogP contribution in [-0.4, -0.2) is 31.1 Å². The number of anilines is 1. The maximum atomic E-state index is 6.02. The minimum absolute atomic E-state index is 0.623. The number of halogens is 1. The summed E-state index contributed by atoms with van der Waals surface area (Å²) < 4.78 is 5.67. The molecule has 1 aliphatic heterocycles. The average Bonchev–Trinajstić information content (AvgIpc) is 2.35. The summed E-state index contributed by atoms with van der Waals surface area (Å²) in [5, 5.41) is 0.623. The third-order valence-corrected chi connectivity index (χ3v) is 3.38. The van der Waals surface area contributed by atoms with Gasteiger partial charge in [0.25, 0.3) is 0 Å². The molecule has 0 atom stereocenters. The quantitative estimate of drug-likeness (QED) is 0.840. The molecule has 0 spiro atoms. The van der Waals surface area contributed by atoms with Crippen molar-refractivity contribution in [2.75, 3.05) is 32.0 Å². The summed E-state index contributed by atoms with van der Waals surface area (Å²) in [6, 6.07) is 5.32. The van der Waals surface area contributed by atoms with E-state index in [1.807, 2.05) is 0 Å². The zero-order valence-electron chi connectivity index (χ0n) is 9.99. The monoisotopic (exact) mass is 254 g/mol. The molecule has 0 amide bonds. The molecule has 0 bridgehead atoms. The lowest BCUT2D eigenvalue weighted by atomic mass is 10.1. The number of ether oxygens (including phenoxy) is 1. The molecule has 0 radical (unpaired) electrons. The Morgan fingerprint density at radius 1 is 1.24 bits per heavy atom. The lowest BCUT2D eigenvalue weighted by molar-refractivity contribution is 0.183. The Labute approximate surface area is 107 Å². The van der Waals surface area contributed by atoms with Gasteiger partial charge < -0.3 is 10.5 Å². The Balaban J connectivity index is 1.79. The molecule has 1 aromatic rings. The van der Waals surface area contributed by atoms with E-state index >= 15 is 0 Å². The van der Waals surface area contributed by atoms with Gasteiger partial charge in [-0.25, -0.2) is 0 Å². The molecule has 1 aromatic carbocycles. The molecule has 0 aliphatic carbocycles. The van der Waals surface area contributed by atoms with Crippen molar-refractivity contribution in [3.05, 3.63) is 23.2 Å².